The van der Waals surface area contributed by atoms with Crippen LogP contribution < -0.4 is 10.6 Å². The number of unbranched alkanes of at least 4 members (excludes halogenated alkanes) is 2. The highest BCUT2D eigenvalue weighted by molar-refractivity contribution is 7.18. The summed E-state index contributed by atoms with van der Waals surface area (Å²) in [4.78, 5) is 11.4. The third-order valence-electron chi connectivity index (χ3n) is 3.17. The van der Waals surface area contributed by atoms with Gasteiger partial charge in [-0.25, -0.2) is 4.98 Å². The van der Waals surface area contributed by atoms with Gasteiger partial charge in [-0.15, -0.1) is 11.3 Å². The number of fused-ring (bicyclic) bond motifs is 1. The maximum atomic E-state index is 5.06. The van der Waals surface area contributed by atoms with Gasteiger partial charge in [0.2, 0.25) is 5.95 Å². The van der Waals surface area contributed by atoms with E-state index in [0.717, 1.165) is 55.0 Å². The number of thiophene rings is 1. The monoisotopic (exact) mass is 308 g/mol. The Labute approximate surface area is 130 Å². The van der Waals surface area contributed by atoms with Gasteiger partial charge in [0.1, 0.15) is 10.6 Å². The molecule has 2 aromatic heterocycles. The van der Waals surface area contributed by atoms with Crippen molar-refractivity contribution < 1.29 is 4.74 Å². The lowest BCUT2D eigenvalue weighted by Crippen LogP contribution is -2.08. The van der Waals surface area contributed by atoms with Gasteiger partial charge in [0.05, 0.1) is 5.39 Å². The Kier molecular flexibility index (Phi) is 6.20. The standard InChI is InChI=1S/C15H24N4OS/c1-4-16-15-18-13(17-8-6-5-7-9-20-3)12-10-11(2)21-14(12)19-15/h10H,4-9H2,1-3H3,(H2,16,17,18,19). The van der Waals surface area contributed by atoms with Crippen LogP contribution in [-0.2, 0) is 4.74 Å². The lowest BCUT2D eigenvalue weighted by atomic mass is 10.2. The van der Waals surface area contributed by atoms with Gasteiger partial charge in [-0.1, -0.05) is 0 Å². The zero-order valence-electron chi connectivity index (χ0n) is 13.0. The third kappa shape index (κ3) is 4.54. The van der Waals surface area contributed by atoms with Crippen LogP contribution in [0, 0.1) is 6.92 Å². The second-order valence-electron chi connectivity index (χ2n) is 4.98. The van der Waals surface area contributed by atoms with Crippen molar-refractivity contribution in [3.05, 3.63) is 10.9 Å². The van der Waals surface area contributed by atoms with E-state index in [0.29, 0.717) is 5.95 Å². The number of hydrogen-bond acceptors (Lipinski definition) is 6. The highest BCUT2D eigenvalue weighted by Gasteiger charge is 2.09. The molecule has 0 saturated carbocycles. The van der Waals surface area contributed by atoms with Crippen LogP contribution in [-0.4, -0.2) is 36.8 Å². The Balaban J connectivity index is 2.02. The fourth-order valence-corrected chi connectivity index (χ4v) is 3.05. The predicted molar refractivity (Wildman–Crippen MR) is 90.5 cm³/mol. The van der Waals surface area contributed by atoms with E-state index in [-0.39, 0.29) is 0 Å². The molecule has 0 aliphatic heterocycles. The highest BCUT2D eigenvalue weighted by atomic mass is 32.1. The van der Waals surface area contributed by atoms with E-state index in [4.69, 9.17) is 4.74 Å². The van der Waals surface area contributed by atoms with Crippen molar-refractivity contribution in [3.8, 4) is 0 Å². The van der Waals surface area contributed by atoms with Gasteiger partial charge >= 0.3 is 0 Å². The Morgan fingerprint density at radius 3 is 2.81 bits per heavy atom. The van der Waals surface area contributed by atoms with Crippen molar-refractivity contribution in [2.45, 2.75) is 33.1 Å². The molecule has 0 unspecified atom stereocenters. The summed E-state index contributed by atoms with van der Waals surface area (Å²) >= 11 is 1.71. The fraction of sp³-hybridized carbons (Fsp3) is 0.600. The molecule has 2 N–H and O–H groups in total. The van der Waals surface area contributed by atoms with Crippen LogP contribution in [0.25, 0.3) is 10.2 Å². The van der Waals surface area contributed by atoms with E-state index in [1.165, 1.54) is 4.88 Å². The Morgan fingerprint density at radius 1 is 1.19 bits per heavy atom. The molecule has 6 heteroatoms. The number of methoxy groups -OCH3 is 1. The number of aromatic nitrogens is 2. The van der Waals surface area contributed by atoms with Gasteiger partial charge in [-0.3, -0.25) is 0 Å². The minimum absolute atomic E-state index is 0.703. The smallest absolute Gasteiger partial charge is 0.226 e. The number of anilines is 2. The molecule has 5 nitrogen and oxygen atoms in total. The third-order valence-corrected chi connectivity index (χ3v) is 4.11. The number of aryl methyl sites for hydroxylation is 1. The molecule has 0 atom stereocenters. The summed E-state index contributed by atoms with van der Waals surface area (Å²) in [5.74, 6) is 1.64. The van der Waals surface area contributed by atoms with Crippen LogP contribution in [0.4, 0.5) is 11.8 Å². The van der Waals surface area contributed by atoms with Gasteiger partial charge < -0.3 is 15.4 Å². The molecule has 0 bridgehead atoms. The second-order valence-corrected chi connectivity index (χ2v) is 6.22. The maximum absolute atomic E-state index is 5.06. The molecule has 116 valence electrons. The lowest BCUT2D eigenvalue weighted by molar-refractivity contribution is 0.192. The molecular weight excluding hydrogens is 284 g/mol. The van der Waals surface area contributed by atoms with E-state index in [1.807, 2.05) is 0 Å². The molecule has 2 aromatic rings. The summed E-state index contributed by atoms with van der Waals surface area (Å²) in [5, 5.41) is 7.77. The van der Waals surface area contributed by atoms with Crippen LogP contribution in [0.15, 0.2) is 6.07 Å². The van der Waals surface area contributed by atoms with Crippen molar-refractivity contribution in [1.29, 1.82) is 0 Å². The molecule has 0 saturated heterocycles. The van der Waals surface area contributed by atoms with E-state index >= 15 is 0 Å². The van der Waals surface area contributed by atoms with Crippen LogP contribution in [0.1, 0.15) is 31.1 Å². The molecule has 0 radical (unpaired) electrons. The van der Waals surface area contributed by atoms with Crippen molar-refractivity contribution in [3.63, 3.8) is 0 Å². The first-order valence-corrected chi connectivity index (χ1v) is 8.31. The van der Waals surface area contributed by atoms with Crippen molar-refractivity contribution in [1.82, 2.24) is 9.97 Å². The van der Waals surface area contributed by atoms with Gasteiger partial charge in [0, 0.05) is 31.7 Å². The summed E-state index contributed by atoms with van der Waals surface area (Å²) in [6.07, 6.45) is 3.39. The fourth-order valence-electron chi connectivity index (χ4n) is 2.17. The summed E-state index contributed by atoms with van der Waals surface area (Å²) in [7, 11) is 1.75. The molecule has 2 rings (SSSR count). The van der Waals surface area contributed by atoms with Crippen LogP contribution in [0.5, 0.6) is 0 Å². The molecule has 0 fully saturated rings. The van der Waals surface area contributed by atoms with Gasteiger partial charge in [0.15, 0.2) is 0 Å². The summed E-state index contributed by atoms with van der Waals surface area (Å²) in [6.45, 7) is 6.75. The van der Waals surface area contributed by atoms with Crippen molar-refractivity contribution in [2.75, 3.05) is 37.4 Å². The van der Waals surface area contributed by atoms with E-state index < -0.39 is 0 Å². The minimum Gasteiger partial charge on any atom is -0.385 e. The number of nitrogens with one attached hydrogen (secondary N) is 2. The Bertz CT molecular complexity index is 570. The Hall–Kier alpha value is -1.40. The SMILES string of the molecule is CCNc1nc(NCCCCCOC)c2cc(C)sc2n1. The molecule has 0 aliphatic carbocycles. The average Bonchev–Trinajstić information content (AvgIpc) is 2.83. The predicted octanol–water partition coefficient (Wildman–Crippen LogP) is 3.66. The largest absolute Gasteiger partial charge is 0.385 e. The van der Waals surface area contributed by atoms with Crippen molar-refractivity contribution >= 4 is 33.3 Å². The van der Waals surface area contributed by atoms with Crippen LogP contribution in [0.2, 0.25) is 0 Å². The molecule has 21 heavy (non-hydrogen) atoms. The van der Waals surface area contributed by atoms with E-state index in [9.17, 15) is 0 Å². The molecule has 0 aliphatic rings. The zero-order valence-corrected chi connectivity index (χ0v) is 13.8. The van der Waals surface area contributed by atoms with E-state index in [2.05, 4.69) is 40.5 Å². The number of hydrogen-bond donors (Lipinski definition) is 2. The molecule has 2 heterocycles. The lowest BCUT2D eigenvalue weighted by Gasteiger charge is -2.09. The number of rotatable bonds is 9. The summed E-state index contributed by atoms with van der Waals surface area (Å²) < 4.78 is 5.06. The molecule has 0 spiro atoms. The van der Waals surface area contributed by atoms with Crippen LogP contribution in [0.3, 0.4) is 0 Å². The Morgan fingerprint density at radius 2 is 2.05 bits per heavy atom. The minimum atomic E-state index is 0.703. The molecule has 0 amide bonds. The first-order chi connectivity index (χ1) is 10.2. The normalized spacial score (nSPS) is 11.0. The van der Waals surface area contributed by atoms with Crippen LogP contribution >= 0.6 is 11.3 Å². The molecule has 0 aromatic carbocycles. The second kappa shape index (κ2) is 8.14. The first kappa shape index (κ1) is 16.0. The van der Waals surface area contributed by atoms with E-state index in [1.54, 1.807) is 18.4 Å². The summed E-state index contributed by atoms with van der Waals surface area (Å²) in [6, 6.07) is 2.16. The van der Waals surface area contributed by atoms with Gasteiger partial charge in [0.25, 0.3) is 0 Å². The average molecular weight is 308 g/mol. The first-order valence-electron chi connectivity index (χ1n) is 7.49. The summed E-state index contributed by atoms with van der Waals surface area (Å²) in [5.41, 5.74) is 0. The zero-order chi connectivity index (χ0) is 15.1. The topological polar surface area (TPSA) is 59.1 Å². The molecular formula is C15H24N4OS. The quantitative estimate of drug-likeness (QED) is 0.692. The van der Waals surface area contributed by atoms with Crippen molar-refractivity contribution in [2.24, 2.45) is 0 Å². The highest BCUT2D eigenvalue weighted by Crippen LogP contribution is 2.29. The number of ether oxygens (including phenoxy) is 1. The maximum Gasteiger partial charge on any atom is 0.226 e. The van der Waals surface area contributed by atoms with Gasteiger partial charge in [-0.2, -0.15) is 4.98 Å². The number of nitrogens with zero attached hydrogens (tertiary/aromatic N) is 2. The van der Waals surface area contributed by atoms with Gasteiger partial charge in [-0.05, 0) is 39.2 Å².